The summed E-state index contributed by atoms with van der Waals surface area (Å²) < 4.78 is 48.0. The van der Waals surface area contributed by atoms with Crippen molar-refractivity contribution in [2.24, 2.45) is 0 Å². The lowest BCUT2D eigenvalue weighted by molar-refractivity contribution is -0.570. The molecule has 0 fully saturated rings. The molecule has 0 N–H and O–H groups in total. The van der Waals surface area contributed by atoms with Crippen LogP contribution in [0.25, 0.3) is 94.5 Å². The van der Waals surface area contributed by atoms with Gasteiger partial charge >= 0.3 is 0 Å². The molecule has 3 aromatic heterocycles. The zero-order chi connectivity index (χ0) is 45.7. The Bertz CT molecular complexity index is 3840. The summed E-state index contributed by atoms with van der Waals surface area (Å²) in [5.74, 6) is 2.18. The van der Waals surface area contributed by atoms with Crippen molar-refractivity contribution in [1.29, 1.82) is 0 Å². The fourth-order valence-electron chi connectivity index (χ4n) is 9.37. The molecular weight excluding hydrogens is 769 g/mol. The summed E-state index contributed by atoms with van der Waals surface area (Å²) >= 11 is 0. The standard InChI is InChI=1S/C58H42N4O/c1-58(2,3)39-32-33-59-55(34-39)62-52-28-12-11-24-48(52)49-31-30-42(36-54(49)62)63-41-19-13-18-40(35-41)60-37-61-56-43(38-16-5-4-6-17-38)25-14-26-50(56)46-22-9-7-20-44(46)45-21-8-10-23-47(45)51-27-15-29-53(60)57(51)61/h4-36H,1-3H3/i4D,5D,6D,16D. The van der Waals surface area contributed by atoms with E-state index in [-0.39, 0.29) is 29.6 Å². The van der Waals surface area contributed by atoms with Crippen molar-refractivity contribution in [3.63, 3.8) is 0 Å². The Balaban J connectivity index is 1.05. The number of benzene rings is 8. The fraction of sp³-hybridized carbons (Fsp3) is 0.0690. The van der Waals surface area contributed by atoms with E-state index in [9.17, 15) is 0 Å². The fourth-order valence-corrected chi connectivity index (χ4v) is 9.37. The maximum atomic E-state index is 9.15. The topological polar surface area (TPSA) is 35.9 Å². The predicted octanol–water partition coefficient (Wildman–Crippen LogP) is 14.3. The molecule has 1 aliphatic rings. The van der Waals surface area contributed by atoms with Crippen molar-refractivity contribution in [1.82, 2.24) is 14.1 Å². The second-order valence-electron chi connectivity index (χ2n) is 17.1. The first kappa shape index (κ1) is 32.7. The Morgan fingerprint density at radius 1 is 0.556 bits per heavy atom. The van der Waals surface area contributed by atoms with Gasteiger partial charge in [-0.3, -0.25) is 13.7 Å². The summed E-state index contributed by atoms with van der Waals surface area (Å²) in [6.07, 6.45) is 5.67. The third kappa shape index (κ3) is 5.99. The maximum absolute atomic E-state index is 9.15. The number of hydrogen-bond acceptors (Lipinski definition) is 2. The smallest absolute Gasteiger partial charge is 0.269 e. The molecule has 300 valence electrons. The molecule has 63 heavy (non-hydrogen) atoms. The number of para-hydroxylation sites is 3. The molecule has 1 aliphatic heterocycles. The predicted molar refractivity (Wildman–Crippen MR) is 256 cm³/mol. The van der Waals surface area contributed by atoms with Crippen LogP contribution >= 0.6 is 0 Å². The molecule has 8 aromatic carbocycles. The van der Waals surface area contributed by atoms with Gasteiger partial charge in [0.2, 0.25) is 0 Å². The minimum Gasteiger partial charge on any atom is -0.458 e. The van der Waals surface area contributed by atoms with Crippen molar-refractivity contribution in [2.45, 2.75) is 26.2 Å². The monoisotopic (exact) mass is 814 g/mol. The number of fused-ring (bicyclic) bond motifs is 10. The normalized spacial score (nSPS) is 12.9. The van der Waals surface area contributed by atoms with E-state index >= 15 is 0 Å². The van der Waals surface area contributed by atoms with Crippen molar-refractivity contribution in [3.05, 3.63) is 212 Å². The van der Waals surface area contributed by atoms with Gasteiger partial charge in [-0.05, 0) is 104 Å². The summed E-state index contributed by atoms with van der Waals surface area (Å²) in [5, 5.41) is 2.25. The van der Waals surface area contributed by atoms with Crippen LogP contribution in [0.4, 0.5) is 0 Å². The highest BCUT2D eigenvalue weighted by molar-refractivity contribution is 6.09. The van der Waals surface area contributed by atoms with Gasteiger partial charge < -0.3 is 4.74 Å². The number of imidazole rings is 1. The molecule has 5 heteroatoms. The van der Waals surface area contributed by atoms with Crippen LogP contribution < -0.4 is 9.30 Å². The molecule has 4 heterocycles. The molecule has 0 spiro atoms. The van der Waals surface area contributed by atoms with Crippen molar-refractivity contribution in [3.8, 4) is 73.2 Å². The lowest BCUT2D eigenvalue weighted by Gasteiger charge is -2.20. The van der Waals surface area contributed by atoms with Crippen LogP contribution in [0.3, 0.4) is 0 Å². The second kappa shape index (κ2) is 14.3. The quantitative estimate of drug-likeness (QED) is 0.128. The van der Waals surface area contributed by atoms with E-state index in [4.69, 9.17) is 15.2 Å². The van der Waals surface area contributed by atoms with E-state index in [2.05, 4.69) is 156 Å². The molecule has 0 bridgehead atoms. The van der Waals surface area contributed by atoms with Crippen LogP contribution in [0.15, 0.2) is 200 Å². The van der Waals surface area contributed by atoms with E-state index in [1.807, 2.05) is 54.7 Å². The van der Waals surface area contributed by atoms with Gasteiger partial charge in [-0.2, -0.15) is 0 Å². The van der Waals surface area contributed by atoms with Gasteiger partial charge in [0, 0.05) is 23.0 Å². The molecule has 0 atom stereocenters. The zero-order valence-electron chi connectivity index (χ0n) is 38.9. The maximum Gasteiger partial charge on any atom is 0.269 e. The highest BCUT2D eigenvalue weighted by atomic mass is 16.5. The van der Waals surface area contributed by atoms with Crippen molar-refractivity contribution in [2.75, 3.05) is 0 Å². The number of rotatable bonds is 5. The lowest BCUT2D eigenvalue weighted by Crippen LogP contribution is -2.32. The van der Waals surface area contributed by atoms with Crippen LogP contribution in [0.5, 0.6) is 11.5 Å². The SMILES string of the molecule is [2H]c1cc(-c2cccc3c2-[n+]2[c-]n(-c4cccc(Oc5ccc6c7ccccc7n(-c7cc(C(C)(C)C)ccn7)c6c5)c4)c4cccc(c42)-c2ccccc2-c2ccccc2-3)c([2H])c([2H])c1[2H]. The number of pyridine rings is 1. The lowest BCUT2D eigenvalue weighted by atomic mass is 9.88. The van der Waals surface area contributed by atoms with E-state index in [1.165, 1.54) is 5.56 Å². The Kier molecular flexibility index (Phi) is 7.42. The van der Waals surface area contributed by atoms with Gasteiger partial charge in [-0.15, -0.1) is 0 Å². The van der Waals surface area contributed by atoms with E-state index < -0.39 is 0 Å². The van der Waals surface area contributed by atoms with E-state index in [0.29, 0.717) is 22.6 Å². The molecule has 0 radical (unpaired) electrons. The van der Waals surface area contributed by atoms with Crippen LogP contribution in [-0.4, -0.2) is 14.1 Å². The highest BCUT2D eigenvalue weighted by Gasteiger charge is 2.26. The minimum absolute atomic E-state index is 0.0466. The number of aromatic nitrogens is 4. The Hall–Kier alpha value is -8.02. The van der Waals surface area contributed by atoms with Gasteiger partial charge in [0.15, 0.2) is 0 Å². The van der Waals surface area contributed by atoms with E-state index in [0.717, 1.165) is 83.4 Å². The summed E-state index contributed by atoms with van der Waals surface area (Å²) in [6, 6.07) is 56.9. The van der Waals surface area contributed by atoms with Gasteiger partial charge in [0.25, 0.3) is 6.33 Å². The number of ether oxygens (including phenoxy) is 1. The van der Waals surface area contributed by atoms with Crippen molar-refractivity contribution < 1.29 is 14.8 Å². The Morgan fingerprint density at radius 3 is 2.03 bits per heavy atom. The summed E-state index contributed by atoms with van der Waals surface area (Å²) in [5.41, 5.74) is 13.7. The van der Waals surface area contributed by atoms with Gasteiger partial charge in [0.1, 0.15) is 17.3 Å². The summed E-state index contributed by atoms with van der Waals surface area (Å²) in [4.78, 5) is 4.87. The third-order valence-electron chi connectivity index (χ3n) is 12.3. The largest absolute Gasteiger partial charge is 0.458 e. The highest BCUT2D eigenvalue weighted by Crippen LogP contribution is 2.45. The molecule has 11 aromatic rings. The molecule has 0 aliphatic carbocycles. The third-order valence-corrected chi connectivity index (χ3v) is 12.3. The first-order chi connectivity index (χ1) is 32.5. The van der Waals surface area contributed by atoms with Gasteiger partial charge in [-0.25, -0.2) is 4.98 Å². The zero-order valence-corrected chi connectivity index (χ0v) is 34.9. The molecule has 0 saturated carbocycles. The second-order valence-corrected chi connectivity index (χ2v) is 17.1. The minimum atomic E-state index is -0.281. The van der Waals surface area contributed by atoms with Crippen LogP contribution in [0.2, 0.25) is 0 Å². The molecular formula is C58H42N4O. The summed E-state index contributed by atoms with van der Waals surface area (Å²) in [6.45, 7) is 6.65. The first-order valence-electron chi connectivity index (χ1n) is 23.2. The number of nitrogens with zero attached hydrogens (tertiary/aromatic N) is 4. The number of hydrogen-bond donors (Lipinski definition) is 0. The molecule has 12 rings (SSSR count). The average molecular weight is 815 g/mol. The Morgan fingerprint density at radius 2 is 1.21 bits per heavy atom. The molecule has 0 saturated heterocycles. The van der Waals surface area contributed by atoms with Crippen molar-refractivity contribution >= 4 is 32.8 Å². The van der Waals surface area contributed by atoms with Crippen LogP contribution in [0, 0.1) is 6.33 Å². The molecule has 0 amide bonds. The van der Waals surface area contributed by atoms with Crippen LogP contribution in [0.1, 0.15) is 31.8 Å². The molecule has 5 nitrogen and oxygen atoms in total. The Labute approximate surface area is 372 Å². The summed E-state index contributed by atoms with van der Waals surface area (Å²) in [7, 11) is 0. The van der Waals surface area contributed by atoms with E-state index in [1.54, 1.807) is 6.07 Å². The molecule has 0 unspecified atom stereocenters. The average Bonchev–Trinajstić information content (AvgIpc) is 3.91. The first-order valence-corrected chi connectivity index (χ1v) is 21.2. The van der Waals surface area contributed by atoms with Gasteiger partial charge in [0.05, 0.1) is 38.9 Å². The van der Waals surface area contributed by atoms with Crippen LogP contribution in [-0.2, 0) is 5.41 Å². The van der Waals surface area contributed by atoms with Gasteiger partial charge in [-0.1, -0.05) is 160 Å².